The predicted octanol–water partition coefficient (Wildman–Crippen LogP) is 3.65. The van der Waals surface area contributed by atoms with E-state index in [4.69, 9.17) is 4.74 Å². The van der Waals surface area contributed by atoms with Gasteiger partial charge in [-0.3, -0.25) is 4.79 Å². The zero-order chi connectivity index (χ0) is 16.8. The van der Waals surface area contributed by atoms with E-state index in [1.807, 2.05) is 37.3 Å². The lowest BCUT2D eigenvalue weighted by Crippen LogP contribution is -2.76. The Morgan fingerprint density at radius 2 is 2.00 bits per heavy atom. The van der Waals surface area contributed by atoms with Gasteiger partial charge in [-0.05, 0) is 12.5 Å². The maximum atomic E-state index is 12.6. The van der Waals surface area contributed by atoms with Crippen LogP contribution in [0.5, 0.6) is 0 Å². The monoisotopic (exact) mass is 525 g/mol. The van der Waals surface area contributed by atoms with Gasteiger partial charge < -0.3 is 9.64 Å². The molecule has 0 spiro atoms. The Hall–Kier alpha value is -0.0500. The number of rotatable bonds is 3. The predicted molar refractivity (Wildman–Crippen MR) is 101 cm³/mol. The average Bonchev–Trinajstić information content (AvgIpc) is 2.52. The van der Waals surface area contributed by atoms with Crippen LogP contribution in [-0.4, -0.2) is 41.5 Å². The Kier molecular flexibility index (Phi) is 4.90. The Labute approximate surface area is 164 Å². The molecule has 3 atom stereocenters. The first-order valence-corrected chi connectivity index (χ1v) is 10.4. The highest BCUT2D eigenvalue weighted by atomic mass is 79.9. The number of hydrogen-bond donors (Lipinski definition) is 0. The molecule has 1 aromatic carbocycles. The number of alkyl halides is 3. The van der Waals surface area contributed by atoms with Gasteiger partial charge in [0.15, 0.2) is 3.23 Å². The van der Waals surface area contributed by atoms with Crippen LogP contribution in [0.1, 0.15) is 12.5 Å². The fourth-order valence-corrected chi connectivity index (χ4v) is 6.49. The summed E-state index contributed by atoms with van der Waals surface area (Å²) in [4.78, 5) is 26.6. The summed E-state index contributed by atoms with van der Waals surface area (Å²) in [7, 11) is 0. The van der Waals surface area contributed by atoms with Gasteiger partial charge in [-0.1, -0.05) is 78.1 Å². The summed E-state index contributed by atoms with van der Waals surface area (Å²) in [5, 5.41) is -0.130. The molecular formula is C15H14Br3NO3S. The van der Waals surface area contributed by atoms with Crippen molar-refractivity contribution in [1.29, 1.82) is 0 Å². The van der Waals surface area contributed by atoms with E-state index in [1.165, 1.54) is 0 Å². The molecule has 2 aliphatic rings. The van der Waals surface area contributed by atoms with E-state index in [0.29, 0.717) is 5.75 Å². The van der Waals surface area contributed by atoms with Crippen LogP contribution in [0.15, 0.2) is 30.3 Å². The molecule has 2 unspecified atom stereocenters. The first-order valence-electron chi connectivity index (χ1n) is 6.97. The number of thioether (sulfide) groups is 1. The van der Waals surface area contributed by atoms with Gasteiger partial charge in [-0.15, -0.1) is 11.8 Å². The van der Waals surface area contributed by atoms with Crippen LogP contribution in [-0.2, 0) is 20.9 Å². The average molecular weight is 528 g/mol. The largest absolute Gasteiger partial charge is 0.459 e. The molecule has 1 amide bonds. The summed E-state index contributed by atoms with van der Waals surface area (Å²) in [5.74, 6) is 0.162. The van der Waals surface area contributed by atoms with E-state index >= 15 is 0 Å². The zero-order valence-electron chi connectivity index (χ0n) is 12.2. The summed E-state index contributed by atoms with van der Waals surface area (Å²) in [6, 6.07) is 8.86. The highest BCUT2D eigenvalue weighted by Gasteiger charge is 2.67. The van der Waals surface area contributed by atoms with Crippen LogP contribution in [0, 0.1) is 0 Å². The third-order valence-electron chi connectivity index (χ3n) is 3.90. The molecule has 2 aliphatic heterocycles. The quantitative estimate of drug-likeness (QED) is 0.342. The van der Waals surface area contributed by atoms with Crippen molar-refractivity contribution in [3.8, 4) is 0 Å². The second kappa shape index (κ2) is 6.35. The topological polar surface area (TPSA) is 46.6 Å². The first-order chi connectivity index (χ1) is 10.7. The highest BCUT2D eigenvalue weighted by molar-refractivity contribution is 9.26. The first kappa shape index (κ1) is 17.8. The van der Waals surface area contributed by atoms with Crippen LogP contribution in [0.2, 0.25) is 0 Å². The van der Waals surface area contributed by atoms with Crippen molar-refractivity contribution in [1.82, 2.24) is 4.90 Å². The van der Waals surface area contributed by atoms with Crippen molar-refractivity contribution in [3.05, 3.63) is 35.9 Å². The van der Waals surface area contributed by atoms with Crippen molar-refractivity contribution in [2.45, 2.75) is 32.5 Å². The molecule has 2 saturated heterocycles. The van der Waals surface area contributed by atoms with E-state index in [9.17, 15) is 9.59 Å². The van der Waals surface area contributed by atoms with E-state index in [2.05, 4.69) is 47.8 Å². The van der Waals surface area contributed by atoms with Gasteiger partial charge in [0.25, 0.3) is 5.91 Å². The lowest BCUT2D eigenvalue weighted by atomic mass is 9.97. The Balaban J connectivity index is 1.75. The molecular weight excluding hydrogens is 514 g/mol. The third-order valence-corrected chi connectivity index (χ3v) is 8.80. The number of esters is 1. The van der Waals surface area contributed by atoms with Gasteiger partial charge in [0.05, 0.1) is 4.32 Å². The molecule has 124 valence electrons. The molecule has 0 N–H and O–H groups in total. The van der Waals surface area contributed by atoms with Gasteiger partial charge >= 0.3 is 5.97 Å². The van der Waals surface area contributed by atoms with Gasteiger partial charge in [0.1, 0.15) is 18.0 Å². The summed E-state index contributed by atoms with van der Waals surface area (Å²) in [6.45, 7) is 2.12. The zero-order valence-corrected chi connectivity index (χ0v) is 17.7. The number of carbonyl (C=O) groups is 2. The molecule has 0 bridgehead atoms. The van der Waals surface area contributed by atoms with Gasteiger partial charge in [0.2, 0.25) is 0 Å². The number of benzene rings is 1. The van der Waals surface area contributed by atoms with Crippen LogP contribution in [0.4, 0.5) is 0 Å². The molecule has 0 saturated carbocycles. The second-order valence-corrected chi connectivity index (χ2v) is 12.2. The maximum absolute atomic E-state index is 12.6. The molecule has 2 fully saturated rings. The second-order valence-electron chi connectivity index (χ2n) is 5.77. The molecule has 3 rings (SSSR count). The standard InChI is InChI=1S/C15H14Br3NO3S/c1-14(16)8-23-13-15(17,18)12(21)19(13)10(14)11(20)22-7-9-5-3-2-4-6-9/h2-6,10,13H,7-8H2,1H3/t10?,13-,14?/m1/s1. The number of ether oxygens (including phenoxy) is 1. The molecule has 0 radical (unpaired) electrons. The molecule has 1 aromatic rings. The lowest BCUT2D eigenvalue weighted by molar-refractivity contribution is -0.164. The number of β-lactam (4-membered cyclic amide) rings is 1. The Morgan fingerprint density at radius 1 is 1.35 bits per heavy atom. The normalized spacial score (nSPS) is 32.0. The van der Waals surface area contributed by atoms with Crippen molar-refractivity contribution in [3.63, 3.8) is 0 Å². The van der Waals surface area contributed by atoms with Crippen LogP contribution >= 0.6 is 59.6 Å². The highest BCUT2D eigenvalue weighted by Crippen LogP contribution is 2.56. The fourth-order valence-electron chi connectivity index (χ4n) is 2.71. The Bertz CT molecular complexity index is 638. The van der Waals surface area contributed by atoms with Crippen LogP contribution in [0.25, 0.3) is 0 Å². The summed E-state index contributed by atoms with van der Waals surface area (Å²) in [6.07, 6.45) is 0. The Morgan fingerprint density at radius 3 is 2.65 bits per heavy atom. The van der Waals surface area contributed by atoms with Crippen molar-refractivity contribution in [2.24, 2.45) is 0 Å². The molecule has 23 heavy (non-hydrogen) atoms. The number of carbonyl (C=O) groups excluding carboxylic acids is 2. The van der Waals surface area contributed by atoms with E-state index in [0.717, 1.165) is 5.56 Å². The number of hydrogen-bond acceptors (Lipinski definition) is 4. The molecule has 4 nitrogen and oxygen atoms in total. The smallest absolute Gasteiger partial charge is 0.330 e. The summed E-state index contributed by atoms with van der Waals surface area (Å²) < 4.78 is 4.16. The van der Waals surface area contributed by atoms with Crippen LogP contribution < -0.4 is 0 Å². The fraction of sp³-hybridized carbons (Fsp3) is 0.467. The summed E-state index contributed by atoms with van der Waals surface area (Å²) in [5.41, 5.74) is 0.920. The van der Waals surface area contributed by atoms with Gasteiger partial charge in [-0.25, -0.2) is 4.79 Å². The minimum atomic E-state index is -0.786. The minimum Gasteiger partial charge on any atom is -0.459 e. The number of fused-ring (bicyclic) bond motifs is 1. The van der Waals surface area contributed by atoms with Crippen LogP contribution in [0.3, 0.4) is 0 Å². The number of amides is 1. The van der Waals surface area contributed by atoms with Gasteiger partial charge in [-0.2, -0.15) is 0 Å². The maximum Gasteiger partial charge on any atom is 0.330 e. The minimum absolute atomic E-state index is 0.130. The molecule has 8 heteroatoms. The third kappa shape index (κ3) is 3.12. The van der Waals surface area contributed by atoms with E-state index in [-0.39, 0.29) is 23.9 Å². The van der Waals surface area contributed by atoms with E-state index in [1.54, 1.807) is 16.7 Å². The van der Waals surface area contributed by atoms with Crippen molar-refractivity contribution in [2.75, 3.05) is 5.75 Å². The number of halogens is 3. The molecule has 2 heterocycles. The SMILES string of the molecule is CC1(Br)CS[C@H]2N(C(=O)C2(Br)Br)C1C(=O)OCc1ccccc1. The van der Waals surface area contributed by atoms with E-state index < -0.39 is 13.6 Å². The lowest BCUT2D eigenvalue weighted by Gasteiger charge is -2.58. The molecule has 0 aliphatic carbocycles. The van der Waals surface area contributed by atoms with Crippen molar-refractivity contribution < 1.29 is 14.3 Å². The van der Waals surface area contributed by atoms with Gasteiger partial charge in [0, 0.05) is 5.75 Å². The summed E-state index contributed by atoms with van der Waals surface area (Å²) >= 11 is 12.0. The van der Waals surface area contributed by atoms with Crippen molar-refractivity contribution >= 4 is 71.4 Å². The molecule has 0 aromatic heterocycles. The number of nitrogens with zero attached hydrogens (tertiary/aromatic N) is 1.